The first-order chi connectivity index (χ1) is 29.2. The molecule has 2 atom stereocenters. The van der Waals surface area contributed by atoms with Crippen molar-refractivity contribution in [3.63, 3.8) is 0 Å². The first kappa shape index (κ1) is 65.4. The minimum Gasteiger partial charge on any atom is -0.324 e. The van der Waals surface area contributed by atoms with E-state index in [1.54, 1.807) is 0 Å². The number of nitrogens with zero attached hydrogens (tertiary/aromatic N) is 3. The van der Waals surface area contributed by atoms with Crippen LogP contribution in [-0.4, -0.2) is 98.3 Å². The van der Waals surface area contributed by atoms with E-state index in [-0.39, 0.29) is 0 Å². The van der Waals surface area contributed by atoms with Crippen LogP contribution in [0.1, 0.15) is 237 Å². The average Bonchev–Trinajstić information content (AvgIpc) is 3.24. The maximum absolute atomic E-state index is 11.8. The van der Waals surface area contributed by atoms with Crippen LogP contribution in [0, 0.1) is 0 Å². The molecule has 1 aliphatic rings. The van der Waals surface area contributed by atoms with E-state index in [1.165, 1.54) is 246 Å². The SMILES string of the molecule is CCCC[N+](CCCC)(CCCC)CCCC.CCCC[N+](CCCC)(CCCC)CCCC.CCCC[N+](CCCC)(CCCC)CCCC.O=[PH]1O[PH](=O)OC(F)(F)O1. The Morgan fingerprint density at radius 2 is 0.443 bits per heavy atom. The van der Waals surface area contributed by atoms with Crippen molar-refractivity contribution in [2.75, 3.05) is 78.5 Å². The lowest BCUT2D eigenvalue weighted by atomic mass is 10.1. The van der Waals surface area contributed by atoms with Gasteiger partial charge >= 0.3 is 22.8 Å². The quantitative estimate of drug-likeness (QED) is 0.0463. The molecule has 1 saturated heterocycles. The lowest BCUT2D eigenvalue weighted by Gasteiger charge is -2.39. The molecule has 0 aromatic heterocycles. The molecular weight excluding hydrogens is 810 g/mol. The van der Waals surface area contributed by atoms with Gasteiger partial charge in [0.2, 0.25) is 0 Å². The summed E-state index contributed by atoms with van der Waals surface area (Å²) in [5, 5.41) is 0. The lowest BCUT2D eigenvalue weighted by Crippen LogP contribution is -2.50. The molecule has 1 rings (SSSR count). The Hall–Kier alpha value is 0.0800. The third-order valence-corrected chi connectivity index (χ3v) is 14.5. The molecule has 1 aliphatic heterocycles. The Balaban J connectivity index is -0.000000746. The second kappa shape index (κ2) is 43.9. The highest BCUT2D eigenvalue weighted by atomic mass is 31.2. The van der Waals surface area contributed by atoms with E-state index in [4.69, 9.17) is 0 Å². The van der Waals surface area contributed by atoms with Crippen molar-refractivity contribution in [3.05, 3.63) is 0 Å². The van der Waals surface area contributed by atoms with E-state index in [9.17, 15) is 17.9 Å². The van der Waals surface area contributed by atoms with Gasteiger partial charge in [-0.25, -0.2) is 13.4 Å². The largest absolute Gasteiger partial charge is 0.499 e. The molecule has 0 saturated carbocycles. The Bertz CT molecular complexity index is 766. The maximum Gasteiger partial charge on any atom is 0.499 e. The highest BCUT2D eigenvalue weighted by molar-refractivity contribution is 7.48. The third-order valence-electron chi connectivity index (χ3n) is 12.4. The van der Waals surface area contributed by atoms with Gasteiger partial charge in [-0.15, -0.1) is 8.78 Å². The predicted molar refractivity (Wildman–Crippen MR) is 264 cm³/mol. The van der Waals surface area contributed by atoms with Gasteiger partial charge in [-0.1, -0.05) is 160 Å². The number of quaternary nitrogens is 3. The van der Waals surface area contributed by atoms with Gasteiger partial charge in [0.1, 0.15) is 0 Å². The van der Waals surface area contributed by atoms with Gasteiger partial charge in [0.25, 0.3) is 0 Å². The molecule has 0 aromatic carbocycles. The molecule has 372 valence electrons. The normalized spacial score (nSPS) is 16.5. The van der Waals surface area contributed by atoms with E-state index < -0.39 is 22.8 Å². The number of unbranched alkanes of at least 4 members (excludes halogenated alkanes) is 12. The Morgan fingerprint density at radius 1 is 0.311 bits per heavy atom. The van der Waals surface area contributed by atoms with Crippen LogP contribution >= 0.6 is 16.5 Å². The predicted octanol–water partition coefficient (Wildman–Crippen LogP) is 16.4. The Morgan fingerprint density at radius 3 is 0.541 bits per heavy atom. The van der Waals surface area contributed by atoms with Gasteiger partial charge in [-0.05, 0) is 77.0 Å². The molecule has 0 bridgehead atoms. The van der Waals surface area contributed by atoms with Crippen LogP contribution in [0.15, 0.2) is 0 Å². The van der Waals surface area contributed by atoms with E-state index in [0.29, 0.717) is 0 Å². The van der Waals surface area contributed by atoms with E-state index >= 15 is 0 Å². The van der Waals surface area contributed by atoms with Gasteiger partial charge in [0.15, 0.2) is 0 Å². The molecule has 0 aliphatic carbocycles. The number of hydrogen-bond acceptors (Lipinski definition) is 5. The van der Waals surface area contributed by atoms with Crippen molar-refractivity contribution in [3.8, 4) is 0 Å². The fraction of sp³-hybridized carbons (Fsp3) is 1.00. The van der Waals surface area contributed by atoms with Gasteiger partial charge in [0.05, 0.1) is 78.5 Å². The standard InChI is InChI=1S/3C16H36N.CH2F2O5P2/c3*1-5-9-13-17(14-10-6-2,15-11-7-3)16-12-8-4;2-1(3)6-9(4)8-10(5)7-1/h3*5-16H2,1-4H3;9-10H/q3*+1;. The van der Waals surface area contributed by atoms with Crippen molar-refractivity contribution in [1.29, 1.82) is 0 Å². The summed E-state index contributed by atoms with van der Waals surface area (Å²) in [6.45, 7) is 45.1. The van der Waals surface area contributed by atoms with Crippen LogP contribution in [0.25, 0.3) is 0 Å². The molecule has 1 heterocycles. The average molecular weight is 921 g/mol. The maximum atomic E-state index is 11.8. The van der Waals surface area contributed by atoms with Crippen LogP contribution in [0.4, 0.5) is 8.78 Å². The Labute approximate surface area is 382 Å². The van der Waals surface area contributed by atoms with Gasteiger partial charge in [-0.2, -0.15) is 0 Å². The summed E-state index contributed by atoms with van der Waals surface area (Å²) >= 11 is 0. The van der Waals surface area contributed by atoms with Crippen LogP contribution in [-0.2, 0) is 22.5 Å². The fourth-order valence-electron chi connectivity index (χ4n) is 8.26. The van der Waals surface area contributed by atoms with Crippen molar-refractivity contribution in [1.82, 2.24) is 0 Å². The van der Waals surface area contributed by atoms with E-state index in [1.807, 2.05) is 0 Å². The summed E-state index contributed by atoms with van der Waals surface area (Å²) in [6.07, 6.45) is 29.1. The molecule has 2 unspecified atom stereocenters. The molecule has 0 spiro atoms. The summed E-state index contributed by atoms with van der Waals surface area (Å²) in [5.74, 6) is 0. The molecule has 1 fully saturated rings. The van der Waals surface area contributed by atoms with E-state index in [0.717, 1.165) is 0 Å². The van der Waals surface area contributed by atoms with Crippen LogP contribution in [0.5, 0.6) is 0 Å². The molecule has 8 nitrogen and oxygen atoms in total. The fourth-order valence-corrected chi connectivity index (χ4v) is 9.69. The number of alkyl halides is 2. The summed E-state index contributed by atoms with van der Waals surface area (Å²) in [7, 11) is -6.68. The minimum atomic E-state index is -4.04. The zero-order valence-electron chi connectivity index (χ0n) is 43.1. The van der Waals surface area contributed by atoms with E-state index in [2.05, 4.69) is 96.4 Å². The second-order valence-corrected chi connectivity index (χ2v) is 20.4. The highest BCUT2D eigenvalue weighted by Gasteiger charge is 2.42. The van der Waals surface area contributed by atoms with Gasteiger partial charge in [-0.3, -0.25) is 9.13 Å². The minimum absolute atomic E-state index is 1.35. The van der Waals surface area contributed by atoms with Crippen molar-refractivity contribution >= 4 is 16.5 Å². The number of hydrogen-bond donors (Lipinski definition) is 0. The second-order valence-electron chi connectivity index (χ2n) is 18.2. The van der Waals surface area contributed by atoms with Crippen molar-refractivity contribution in [2.45, 2.75) is 243 Å². The topological polar surface area (TPSA) is 61.8 Å². The molecule has 61 heavy (non-hydrogen) atoms. The first-order valence-corrected chi connectivity index (χ1v) is 28.7. The highest BCUT2D eigenvalue weighted by Crippen LogP contribution is 2.52. The van der Waals surface area contributed by atoms with Crippen LogP contribution in [0.3, 0.4) is 0 Å². The van der Waals surface area contributed by atoms with Crippen LogP contribution < -0.4 is 0 Å². The molecule has 0 radical (unpaired) electrons. The zero-order valence-corrected chi connectivity index (χ0v) is 45.1. The zero-order chi connectivity index (χ0) is 46.7. The smallest absolute Gasteiger partial charge is 0.324 e. The molecule has 12 heteroatoms. The monoisotopic (exact) mass is 921 g/mol. The van der Waals surface area contributed by atoms with Crippen molar-refractivity contribution < 1.29 is 44.7 Å². The van der Waals surface area contributed by atoms with Gasteiger partial charge in [0, 0.05) is 0 Å². The van der Waals surface area contributed by atoms with Gasteiger partial charge < -0.3 is 13.4 Å². The number of halogens is 2. The molecule has 0 amide bonds. The summed E-state index contributed by atoms with van der Waals surface area (Å²) < 4.78 is 58.6. The molecule has 0 aromatic rings. The summed E-state index contributed by atoms with van der Waals surface area (Å²) in [5.41, 5.74) is 0. The number of rotatable bonds is 36. The summed E-state index contributed by atoms with van der Waals surface area (Å²) in [6, 6.07) is 0. The Kier molecular flexibility index (Phi) is 47.1. The van der Waals surface area contributed by atoms with Crippen molar-refractivity contribution in [2.24, 2.45) is 0 Å². The molecular formula is C49H110F2N3O5P2+3. The van der Waals surface area contributed by atoms with Crippen LogP contribution in [0.2, 0.25) is 0 Å². The summed E-state index contributed by atoms with van der Waals surface area (Å²) in [4.78, 5) is 0. The third kappa shape index (κ3) is 36.9. The first-order valence-electron chi connectivity index (χ1n) is 26.3. The lowest BCUT2D eigenvalue weighted by molar-refractivity contribution is -0.929. The molecule has 0 N–H and O–H groups in total.